The Kier molecular flexibility index (Phi) is 10.8. The number of halogens is 6. The van der Waals surface area contributed by atoms with Crippen molar-refractivity contribution < 1.29 is 40.7 Å². The third-order valence-electron chi connectivity index (χ3n) is 12.2. The van der Waals surface area contributed by atoms with Gasteiger partial charge in [0.15, 0.2) is 0 Å². The van der Waals surface area contributed by atoms with Crippen LogP contribution in [0.4, 0.5) is 42.5 Å². The quantitative estimate of drug-likeness (QED) is 0.298. The molecule has 10 nitrogen and oxygen atoms in total. The molecule has 2 bridgehead atoms. The first-order valence-corrected chi connectivity index (χ1v) is 18.9. The first-order valence-electron chi connectivity index (χ1n) is 18.9. The number of carbonyl (C=O) groups is 3. The number of nitrogens with two attached hydrogens (primary N) is 1. The van der Waals surface area contributed by atoms with Crippen LogP contribution in [-0.4, -0.2) is 120 Å². The van der Waals surface area contributed by atoms with Crippen molar-refractivity contribution in [3.8, 4) is 0 Å². The monoisotopic (exact) mass is 763 g/mol. The van der Waals surface area contributed by atoms with E-state index in [0.717, 1.165) is 43.7 Å². The number of piperazine rings is 1. The minimum atomic E-state index is -5.17. The predicted octanol–water partition coefficient (Wildman–Crippen LogP) is 5.17. The number of nitrogens with one attached hydrogen (secondary N) is 1. The molecule has 0 aromatic heterocycles. The van der Waals surface area contributed by atoms with E-state index in [1.54, 1.807) is 14.7 Å². The lowest BCUT2D eigenvalue weighted by molar-refractivity contribution is -0.144. The molecule has 2 aromatic rings. The van der Waals surface area contributed by atoms with E-state index >= 15 is 0 Å². The first-order chi connectivity index (χ1) is 25.7. The number of nitrogen functional groups attached to an aromatic ring is 1. The van der Waals surface area contributed by atoms with Crippen molar-refractivity contribution in [2.24, 2.45) is 11.8 Å². The number of hydrogen-bond acceptors (Lipinski definition) is 6. The highest BCUT2D eigenvalue weighted by molar-refractivity contribution is 5.91. The number of para-hydroxylation sites is 1. The van der Waals surface area contributed by atoms with Crippen molar-refractivity contribution in [2.45, 2.75) is 69.4 Å². The average molecular weight is 764 g/mol. The summed E-state index contributed by atoms with van der Waals surface area (Å²) in [7, 11) is 0. The molecule has 3 N–H and O–H groups in total. The molecule has 54 heavy (non-hydrogen) atoms. The molecule has 16 heteroatoms. The minimum Gasteiger partial charge on any atom is -0.398 e. The Bertz CT molecular complexity index is 1680. The molecule has 2 aromatic carbocycles. The lowest BCUT2D eigenvalue weighted by Crippen LogP contribution is -2.61. The van der Waals surface area contributed by atoms with Crippen LogP contribution in [0.3, 0.4) is 0 Å². The maximum absolute atomic E-state index is 14.2. The molecule has 8 rings (SSSR count). The fraction of sp³-hybridized carbons (Fsp3) is 0.605. The summed E-state index contributed by atoms with van der Waals surface area (Å²) in [6.45, 7) is 6.14. The van der Waals surface area contributed by atoms with Gasteiger partial charge in [-0.1, -0.05) is 18.2 Å². The van der Waals surface area contributed by atoms with Gasteiger partial charge >= 0.3 is 18.4 Å². The van der Waals surface area contributed by atoms with Crippen LogP contribution in [0.1, 0.15) is 54.4 Å². The number of benzene rings is 2. The summed E-state index contributed by atoms with van der Waals surface area (Å²) >= 11 is 0. The lowest BCUT2D eigenvalue weighted by atomic mass is 9.83. The van der Waals surface area contributed by atoms with E-state index in [1.807, 2.05) is 24.3 Å². The highest BCUT2D eigenvalue weighted by Crippen LogP contribution is 2.42. The van der Waals surface area contributed by atoms with Gasteiger partial charge in [-0.3, -0.25) is 14.5 Å². The fourth-order valence-electron chi connectivity index (χ4n) is 9.22. The molecule has 6 heterocycles. The number of fused-ring (bicyclic) bond motifs is 4. The zero-order valence-corrected chi connectivity index (χ0v) is 30.1. The van der Waals surface area contributed by atoms with E-state index in [1.165, 1.54) is 0 Å². The van der Waals surface area contributed by atoms with Crippen LogP contribution in [0.5, 0.6) is 0 Å². The molecular weight excluding hydrogens is 716 g/mol. The number of urea groups is 1. The van der Waals surface area contributed by atoms with Crippen LogP contribution in [0.15, 0.2) is 36.4 Å². The van der Waals surface area contributed by atoms with Gasteiger partial charge < -0.3 is 30.7 Å². The number of likely N-dealkylation sites (tertiary alicyclic amines) is 1. The molecule has 0 radical (unpaired) electrons. The number of alkyl halides is 6. The number of nitrogens with zero attached hydrogens (tertiary/aromatic N) is 5. The molecule has 2 atom stereocenters. The topological polar surface area (TPSA) is 105 Å². The number of carbonyl (C=O) groups excluding carboxylic acids is 3. The number of hydrogen-bond donors (Lipinski definition) is 2. The zero-order chi connectivity index (χ0) is 38.4. The van der Waals surface area contributed by atoms with Crippen molar-refractivity contribution >= 4 is 29.2 Å². The molecule has 0 aliphatic carbocycles. The second-order valence-electron chi connectivity index (χ2n) is 15.4. The largest absolute Gasteiger partial charge is 0.418 e. The van der Waals surface area contributed by atoms with Crippen LogP contribution in [0.2, 0.25) is 0 Å². The summed E-state index contributed by atoms with van der Waals surface area (Å²) in [6, 6.07) is 8.76. The highest BCUT2D eigenvalue weighted by atomic mass is 19.4. The highest BCUT2D eigenvalue weighted by Gasteiger charge is 2.43. The molecule has 294 valence electrons. The van der Waals surface area contributed by atoms with Crippen molar-refractivity contribution in [3.63, 3.8) is 0 Å². The molecule has 0 spiro atoms. The summed E-state index contributed by atoms with van der Waals surface area (Å²) in [5.41, 5.74) is 2.15. The third-order valence-corrected chi connectivity index (χ3v) is 12.2. The van der Waals surface area contributed by atoms with E-state index < -0.39 is 53.3 Å². The van der Waals surface area contributed by atoms with E-state index in [9.17, 15) is 40.7 Å². The van der Waals surface area contributed by atoms with Crippen molar-refractivity contribution in [2.75, 3.05) is 76.5 Å². The smallest absolute Gasteiger partial charge is 0.398 e. The van der Waals surface area contributed by atoms with Crippen LogP contribution in [0.25, 0.3) is 0 Å². The van der Waals surface area contributed by atoms with Crippen molar-refractivity contribution in [1.82, 2.24) is 24.5 Å². The van der Waals surface area contributed by atoms with Gasteiger partial charge in [0.25, 0.3) is 0 Å². The normalized spacial score (nSPS) is 24.9. The molecule has 5 fully saturated rings. The van der Waals surface area contributed by atoms with Crippen molar-refractivity contribution in [3.05, 3.63) is 58.7 Å². The van der Waals surface area contributed by atoms with Crippen LogP contribution >= 0.6 is 0 Å². The van der Waals surface area contributed by atoms with Gasteiger partial charge in [-0.15, -0.1) is 0 Å². The molecule has 0 saturated carbocycles. The van der Waals surface area contributed by atoms with E-state index in [2.05, 4.69) is 15.1 Å². The number of amides is 4. The van der Waals surface area contributed by atoms with Gasteiger partial charge in [0.2, 0.25) is 11.8 Å². The Balaban J connectivity index is 1.06. The maximum atomic E-state index is 14.2. The molecular formula is C38H47F6N7O3. The fourth-order valence-corrected chi connectivity index (χ4v) is 9.22. The molecule has 6 aliphatic heterocycles. The van der Waals surface area contributed by atoms with Gasteiger partial charge in [-0.05, 0) is 86.9 Å². The zero-order valence-electron chi connectivity index (χ0n) is 30.1. The molecule has 5 saturated heterocycles. The van der Waals surface area contributed by atoms with E-state index in [4.69, 9.17) is 5.73 Å². The van der Waals surface area contributed by atoms with Gasteiger partial charge in [0.05, 0.1) is 22.7 Å². The Hall–Kier alpha value is -4.05. The second-order valence-corrected chi connectivity index (χ2v) is 15.4. The Morgan fingerprint density at radius 1 is 0.815 bits per heavy atom. The first kappa shape index (κ1) is 38.2. The van der Waals surface area contributed by atoms with Crippen molar-refractivity contribution in [1.29, 1.82) is 0 Å². The maximum Gasteiger partial charge on any atom is 0.418 e. The predicted molar refractivity (Wildman–Crippen MR) is 189 cm³/mol. The van der Waals surface area contributed by atoms with Crippen LogP contribution in [-0.2, 0) is 34.8 Å². The summed E-state index contributed by atoms with van der Waals surface area (Å²) in [4.78, 5) is 50.9. The third kappa shape index (κ3) is 8.14. The summed E-state index contributed by atoms with van der Waals surface area (Å²) in [6.07, 6.45) is -7.31. The Labute approximate surface area is 310 Å². The lowest BCUT2D eigenvalue weighted by Gasteiger charge is -2.51. The van der Waals surface area contributed by atoms with Crippen LogP contribution in [0, 0.1) is 11.8 Å². The Morgan fingerprint density at radius 3 is 2.04 bits per heavy atom. The average Bonchev–Trinajstić information content (AvgIpc) is 3.32. The van der Waals surface area contributed by atoms with Gasteiger partial charge in [0, 0.05) is 76.5 Å². The minimum absolute atomic E-state index is 0.135. The van der Waals surface area contributed by atoms with E-state index in [0.29, 0.717) is 76.1 Å². The van der Waals surface area contributed by atoms with Gasteiger partial charge in [-0.25, -0.2) is 4.79 Å². The number of rotatable bonds is 7. The van der Waals surface area contributed by atoms with Gasteiger partial charge in [-0.2, -0.15) is 26.3 Å². The summed E-state index contributed by atoms with van der Waals surface area (Å²) in [5, 5.41) is 2.97. The number of anilines is 2. The molecule has 4 amide bonds. The molecule has 1 unspecified atom stereocenters. The number of piperidine rings is 4. The van der Waals surface area contributed by atoms with Crippen LogP contribution < -0.4 is 11.1 Å². The standard InChI is InChI=1S/C38H47F6N7O3/c39-37(40,41)29-20-24(21-30(34(29)45)38(42,43)44)19-27(35(53)50-17-15-48(16-18-50)32-23-47-10-5-26(32)6-11-47)22-33(52)49-12-8-28(9-13-49)51-14-7-25-3-1-2-4-31(25)46-36(51)54/h1-4,20-21,26-28,32H,5-19,22-23,45H2,(H,46,54)/t27?,32-/m1/s1. The van der Waals surface area contributed by atoms with E-state index in [-0.39, 0.29) is 37.1 Å². The summed E-state index contributed by atoms with van der Waals surface area (Å²) in [5.74, 6) is -1.48. The summed E-state index contributed by atoms with van der Waals surface area (Å²) < 4.78 is 83.7. The molecule has 6 aliphatic rings. The second kappa shape index (κ2) is 15.2. The Morgan fingerprint density at radius 2 is 1.44 bits per heavy atom. The van der Waals surface area contributed by atoms with Gasteiger partial charge in [0.1, 0.15) is 0 Å². The SMILES string of the molecule is Nc1c(C(F)(F)F)cc(CC(CC(=O)N2CCC(N3CCc4ccccc4NC3=O)CC2)C(=O)N2CCN([C@@H]3CN4CCC3CC4)CC2)cc1C(F)(F)F.